The van der Waals surface area contributed by atoms with E-state index in [-0.39, 0.29) is 11.9 Å². The number of carbonyl (C=O) groups excluding carboxylic acids is 1. The maximum atomic E-state index is 12.1. The minimum Gasteiger partial charge on any atom is -0.384 e. The van der Waals surface area contributed by atoms with Gasteiger partial charge in [0.1, 0.15) is 0 Å². The summed E-state index contributed by atoms with van der Waals surface area (Å²) in [4.78, 5) is 12.1. The van der Waals surface area contributed by atoms with Gasteiger partial charge in [-0.3, -0.25) is 4.79 Å². The van der Waals surface area contributed by atoms with Crippen molar-refractivity contribution in [3.05, 3.63) is 29.8 Å². The van der Waals surface area contributed by atoms with Gasteiger partial charge in [0.25, 0.3) is 0 Å². The zero-order valence-corrected chi connectivity index (χ0v) is 12.1. The van der Waals surface area contributed by atoms with Crippen molar-refractivity contribution < 1.29 is 4.79 Å². The number of rotatable bonds is 5. The van der Waals surface area contributed by atoms with Crippen molar-refractivity contribution in [3.63, 3.8) is 0 Å². The van der Waals surface area contributed by atoms with E-state index in [1.165, 1.54) is 11.3 Å². The molecule has 19 heavy (non-hydrogen) atoms. The number of carbonyl (C=O) groups is 1. The van der Waals surface area contributed by atoms with Crippen LogP contribution in [0.15, 0.2) is 24.3 Å². The van der Waals surface area contributed by atoms with Crippen molar-refractivity contribution >= 4 is 11.6 Å². The van der Waals surface area contributed by atoms with Gasteiger partial charge < -0.3 is 10.6 Å². The van der Waals surface area contributed by atoms with Gasteiger partial charge in [-0.05, 0) is 24.5 Å². The summed E-state index contributed by atoms with van der Waals surface area (Å²) in [7, 11) is 0. The average molecular weight is 260 g/mol. The maximum Gasteiger partial charge on any atom is 0.220 e. The van der Waals surface area contributed by atoms with E-state index in [0.29, 0.717) is 18.3 Å². The Labute approximate surface area is 115 Å². The molecule has 1 aliphatic heterocycles. The molecule has 0 saturated carbocycles. The van der Waals surface area contributed by atoms with Gasteiger partial charge in [-0.2, -0.15) is 0 Å². The van der Waals surface area contributed by atoms with Crippen LogP contribution in [0.4, 0.5) is 5.69 Å². The molecule has 0 aromatic heterocycles. The molecule has 1 aliphatic rings. The number of nitrogens with one attached hydrogen (secondary N) is 2. The molecule has 1 aromatic carbocycles. The molecule has 0 bridgehead atoms. The van der Waals surface area contributed by atoms with Crippen LogP contribution < -0.4 is 10.6 Å². The molecule has 0 aliphatic carbocycles. The quantitative estimate of drug-likeness (QED) is 0.854. The topological polar surface area (TPSA) is 41.1 Å². The second kappa shape index (κ2) is 6.09. The van der Waals surface area contributed by atoms with Gasteiger partial charge in [0, 0.05) is 30.6 Å². The summed E-state index contributed by atoms with van der Waals surface area (Å²) in [5.41, 5.74) is 2.45. The van der Waals surface area contributed by atoms with Gasteiger partial charge in [-0.15, -0.1) is 0 Å². The van der Waals surface area contributed by atoms with Crippen LogP contribution in [-0.4, -0.2) is 18.5 Å². The minimum atomic E-state index is 0.163. The molecular weight excluding hydrogens is 236 g/mol. The van der Waals surface area contributed by atoms with Crippen molar-refractivity contribution in [2.45, 2.75) is 45.6 Å². The third kappa shape index (κ3) is 3.28. The summed E-state index contributed by atoms with van der Waals surface area (Å²) in [5.74, 6) is 0.995. The normalized spacial score (nSPS) is 20.3. The summed E-state index contributed by atoms with van der Waals surface area (Å²) in [6.07, 6.45) is 1.67. The molecule has 1 heterocycles. The second-order valence-corrected chi connectivity index (χ2v) is 5.61. The smallest absolute Gasteiger partial charge is 0.220 e. The number of benzene rings is 1. The second-order valence-electron chi connectivity index (χ2n) is 5.61. The number of para-hydroxylation sites is 1. The zero-order valence-electron chi connectivity index (χ0n) is 12.1. The van der Waals surface area contributed by atoms with E-state index in [2.05, 4.69) is 43.5 Å². The number of anilines is 1. The Morgan fingerprint density at radius 3 is 2.89 bits per heavy atom. The van der Waals surface area contributed by atoms with E-state index in [4.69, 9.17) is 0 Å². The summed E-state index contributed by atoms with van der Waals surface area (Å²) < 4.78 is 0. The lowest BCUT2D eigenvalue weighted by molar-refractivity contribution is -0.122. The summed E-state index contributed by atoms with van der Waals surface area (Å²) >= 11 is 0. The first kappa shape index (κ1) is 13.9. The molecular formula is C16H24N2O. The Balaban J connectivity index is 1.91. The molecule has 1 aromatic rings. The zero-order chi connectivity index (χ0) is 13.8. The number of amides is 1. The number of hydrogen-bond donors (Lipinski definition) is 2. The SMILES string of the molecule is CCC(C)C(C)NC(=O)CC1CNc2ccccc21. The molecule has 3 heteroatoms. The Morgan fingerprint density at radius 2 is 2.16 bits per heavy atom. The number of fused-ring (bicyclic) bond motifs is 1. The van der Waals surface area contributed by atoms with Gasteiger partial charge in [0.2, 0.25) is 5.91 Å². The predicted octanol–water partition coefficient (Wildman–Crippen LogP) is 3.14. The van der Waals surface area contributed by atoms with Gasteiger partial charge in [-0.25, -0.2) is 0 Å². The molecule has 0 saturated heterocycles. The molecule has 2 N–H and O–H groups in total. The van der Waals surface area contributed by atoms with Gasteiger partial charge in [0.15, 0.2) is 0 Å². The molecule has 0 fully saturated rings. The van der Waals surface area contributed by atoms with E-state index >= 15 is 0 Å². The highest BCUT2D eigenvalue weighted by Crippen LogP contribution is 2.33. The van der Waals surface area contributed by atoms with Crippen LogP contribution in [0.1, 0.15) is 45.1 Å². The molecule has 2 rings (SSSR count). The fourth-order valence-electron chi connectivity index (χ4n) is 2.57. The van der Waals surface area contributed by atoms with Crippen LogP contribution in [0.3, 0.4) is 0 Å². The highest BCUT2D eigenvalue weighted by molar-refractivity contribution is 5.78. The Bertz CT molecular complexity index is 444. The van der Waals surface area contributed by atoms with Crippen molar-refractivity contribution in [1.29, 1.82) is 0 Å². The van der Waals surface area contributed by atoms with Crippen molar-refractivity contribution in [2.75, 3.05) is 11.9 Å². The van der Waals surface area contributed by atoms with Crippen LogP contribution >= 0.6 is 0 Å². The van der Waals surface area contributed by atoms with Crippen LogP contribution in [0.25, 0.3) is 0 Å². The largest absolute Gasteiger partial charge is 0.384 e. The van der Waals surface area contributed by atoms with E-state index in [1.807, 2.05) is 12.1 Å². The van der Waals surface area contributed by atoms with Crippen molar-refractivity contribution in [1.82, 2.24) is 5.32 Å². The first-order valence-corrected chi connectivity index (χ1v) is 7.24. The molecule has 0 radical (unpaired) electrons. The molecule has 3 nitrogen and oxygen atoms in total. The summed E-state index contributed by atoms with van der Waals surface area (Å²) in [6, 6.07) is 8.51. The lowest BCUT2D eigenvalue weighted by atomic mass is 9.96. The third-order valence-electron chi connectivity index (χ3n) is 4.26. The van der Waals surface area contributed by atoms with Gasteiger partial charge in [-0.1, -0.05) is 38.5 Å². The Hall–Kier alpha value is -1.51. The fourth-order valence-corrected chi connectivity index (χ4v) is 2.57. The van der Waals surface area contributed by atoms with Crippen molar-refractivity contribution in [2.24, 2.45) is 5.92 Å². The van der Waals surface area contributed by atoms with Gasteiger partial charge >= 0.3 is 0 Å². The highest BCUT2D eigenvalue weighted by atomic mass is 16.1. The highest BCUT2D eigenvalue weighted by Gasteiger charge is 2.24. The number of hydrogen-bond acceptors (Lipinski definition) is 2. The lowest BCUT2D eigenvalue weighted by Gasteiger charge is -2.21. The van der Waals surface area contributed by atoms with Crippen LogP contribution in [-0.2, 0) is 4.79 Å². The molecule has 1 amide bonds. The Morgan fingerprint density at radius 1 is 1.42 bits per heavy atom. The van der Waals surface area contributed by atoms with Crippen molar-refractivity contribution in [3.8, 4) is 0 Å². The monoisotopic (exact) mass is 260 g/mol. The first-order chi connectivity index (χ1) is 9.11. The predicted molar refractivity (Wildman–Crippen MR) is 79.3 cm³/mol. The average Bonchev–Trinajstić information content (AvgIpc) is 2.81. The first-order valence-electron chi connectivity index (χ1n) is 7.24. The van der Waals surface area contributed by atoms with Crippen LogP contribution in [0.5, 0.6) is 0 Å². The summed E-state index contributed by atoms with van der Waals surface area (Å²) in [5, 5.41) is 6.48. The summed E-state index contributed by atoms with van der Waals surface area (Å²) in [6.45, 7) is 7.29. The minimum absolute atomic E-state index is 0.163. The van der Waals surface area contributed by atoms with E-state index in [0.717, 1.165) is 13.0 Å². The van der Waals surface area contributed by atoms with Crippen LogP contribution in [0, 0.1) is 5.92 Å². The van der Waals surface area contributed by atoms with E-state index < -0.39 is 0 Å². The standard InChI is InChI=1S/C16H24N2O/c1-4-11(2)12(3)18-16(19)9-13-10-17-15-8-6-5-7-14(13)15/h5-8,11-13,17H,4,9-10H2,1-3H3,(H,18,19). The third-order valence-corrected chi connectivity index (χ3v) is 4.26. The molecule has 3 atom stereocenters. The van der Waals surface area contributed by atoms with Crippen LogP contribution in [0.2, 0.25) is 0 Å². The fraction of sp³-hybridized carbons (Fsp3) is 0.562. The molecule has 3 unspecified atom stereocenters. The van der Waals surface area contributed by atoms with Gasteiger partial charge in [0.05, 0.1) is 0 Å². The molecule has 104 valence electrons. The maximum absolute atomic E-state index is 12.1. The van der Waals surface area contributed by atoms with E-state index in [9.17, 15) is 4.79 Å². The molecule has 0 spiro atoms. The Kier molecular flexibility index (Phi) is 4.46. The van der Waals surface area contributed by atoms with E-state index in [1.54, 1.807) is 0 Å². The lowest BCUT2D eigenvalue weighted by Crippen LogP contribution is -2.37.